The molecule has 32 heavy (non-hydrogen) atoms. The fourth-order valence-electron chi connectivity index (χ4n) is 3.55. The first-order valence-electron chi connectivity index (χ1n) is 10.7. The topological polar surface area (TPSA) is 80.9 Å². The summed E-state index contributed by atoms with van der Waals surface area (Å²) in [6.45, 7) is 6.16. The Morgan fingerprint density at radius 2 is 1.81 bits per heavy atom. The van der Waals surface area contributed by atoms with Gasteiger partial charge in [-0.2, -0.15) is 0 Å². The summed E-state index contributed by atoms with van der Waals surface area (Å²) < 4.78 is 5.88. The Hall–Kier alpha value is -3.19. The highest BCUT2D eigenvalue weighted by atomic mass is 32.2. The summed E-state index contributed by atoms with van der Waals surface area (Å²) in [5.74, 6) is 0.816. The molecule has 0 radical (unpaired) electrons. The molecule has 2 heterocycles. The number of nitrogens with one attached hydrogen (secondary N) is 1. The number of pyridine rings is 1. The molecule has 2 aromatic carbocycles. The third kappa shape index (κ3) is 5.16. The summed E-state index contributed by atoms with van der Waals surface area (Å²) in [6, 6.07) is 19.8. The number of hydrogen-bond donors (Lipinski definition) is 1. The van der Waals surface area contributed by atoms with Gasteiger partial charge in [-0.3, -0.25) is 9.78 Å². The van der Waals surface area contributed by atoms with E-state index in [9.17, 15) is 4.79 Å². The third-order valence-corrected chi connectivity index (χ3v) is 6.67. The normalized spacial score (nSPS) is 13.2. The van der Waals surface area contributed by atoms with Crippen molar-refractivity contribution in [2.45, 2.75) is 43.6 Å². The highest BCUT2D eigenvalue weighted by Gasteiger charge is 2.27. The molecule has 0 saturated carbocycles. The van der Waals surface area contributed by atoms with Crippen LogP contribution < -0.4 is 5.32 Å². The molecule has 0 spiro atoms. The first-order valence-corrected chi connectivity index (χ1v) is 11.6. The van der Waals surface area contributed by atoms with Crippen molar-refractivity contribution in [1.29, 1.82) is 0 Å². The van der Waals surface area contributed by atoms with Crippen LogP contribution in [0.1, 0.15) is 38.1 Å². The second kappa shape index (κ2) is 9.96. The number of aromatic nitrogens is 3. The first kappa shape index (κ1) is 22.0. The van der Waals surface area contributed by atoms with Gasteiger partial charge in [-0.25, -0.2) is 0 Å². The second-order valence-electron chi connectivity index (χ2n) is 8.12. The lowest BCUT2D eigenvalue weighted by Crippen LogP contribution is -2.29. The molecule has 0 fully saturated rings. The van der Waals surface area contributed by atoms with Crippen LogP contribution in [-0.2, 0) is 11.2 Å². The number of amides is 1. The maximum absolute atomic E-state index is 13.1. The summed E-state index contributed by atoms with van der Waals surface area (Å²) in [6.07, 6.45) is 2.39. The van der Waals surface area contributed by atoms with E-state index in [1.54, 1.807) is 6.20 Å². The number of nitrogens with zero attached hydrogens (tertiary/aromatic N) is 3. The highest BCUT2D eigenvalue weighted by Crippen LogP contribution is 2.30. The largest absolute Gasteiger partial charge is 0.416 e. The van der Waals surface area contributed by atoms with E-state index in [0.717, 1.165) is 16.6 Å². The van der Waals surface area contributed by atoms with E-state index in [1.807, 2.05) is 62.4 Å². The minimum atomic E-state index is -0.373. The van der Waals surface area contributed by atoms with Crippen LogP contribution in [0.2, 0.25) is 0 Å². The monoisotopic (exact) mass is 446 g/mol. The lowest BCUT2D eigenvalue weighted by atomic mass is 9.98. The predicted octanol–water partition coefficient (Wildman–Crippen LogP) is 5.72. The van der Waals surface area contributed by atoms with Gasteiger partial charge in [-0.1, -0.05) is 68.9 Å². The van der Waals surface area contributed by atoms with Crippen LogP contribution in [0.3, 0.4) is 0 Å². The molecule has 4 rings (SSSR count). The zero-order valence-electron chi connectivity index (χ0n) is 18.4. The van der Waals surface area contributed by atoms with Crippen molar-refractivity contribution in [3.63, 3.8) is 0 Å². The van der Waals surface area contributed by atoms with Crippen LogP contribution in [0.5, 0.6) is 0 Å². The number of carbonyl (C=O) groups excluding carboxylic acids is 1. The minimum absolute atomic E-state index is 0.0756. The molecule has 1 N–H and O–H groups in total. The molecule has 2 aromatic heterocycles. The average Bonchev–Trinajstić information content (AvgIpc) is 3.25. The molecule has 0 saturated heterocycles. The van der Waals surface area contributed by atoms with Crippen molar-refractivity contribution in [3.8, 4) is 0 Å². The second-order valence-corrected chi connectivity index (χ2v) is 9.22. The zero-order valence-corrected chi connectivity index (χ0v) is 19.2. The molecular formula is C25H26N4O2S. The van der Waals surface area contributed by atoms with E-state index in [4.69, 9.17) is 4.42 Å². The lowest BCUT2D eigenvalue weighted by molar-refractivity contribution is -0.116. The molecule has 4 aromatic rings. The fourth-order valence-corrected chi connectivity index (χ4v) is 4.43. The van der Waals surface area contributed by atoms with Gasteiger partial charge in [0.1, 0.15) is 0 Å². The maximum Gasteiger partial charge on any atom is 0.277 e. The molecule has 6 nitrogen and oxygen atoms in total. The van der Waals surface area contributed by atoms with Crippen LogP contribution in [0.25, 0.3) is 10.9 Å². The van der Waals surface area contributed by atoms with E-state index in [2.05, 4.69) is 39.6 Å². The van der Waals surface area contributed by atoms with E-state index >= 15 is 0 Å². The Bertz CT molecular complexity index is 1190. The van der Waals surface area contributed by atoms with Gasteiger partial charge in [-0.15, -0.1) is 10.2 Å². The average molecular weight is 447 g/mol. The molecular weight excluding hydrogens is 420 g/mol. The van der Waals surface area contributed by atoms with Crippen molar-refractivity contribution in [1.82, 2.24) is 15.2 Å². The molecule has 1 amide bonds. The van der Waals surface area contributed by atoms with Crippen LogP contribution in [0.15, 0.2) is 76.5 Å². The number of fused-ring (bicyclic) bond motifs is 1. The van der Waals surface area contributed by atoms with Crippen LogP contribution in [0, 0.1) is 5.92 Å². The van der Waals surface area contributed by atoms with Crippen LogP contribution in [-0.4, -0.2) is 26.3 Å². The molecule has 0 aliphatic carbocycles. The summed E-state index contributed by atoms with van der Waals surface area (Å²) >= 11 is 1.31. The Morgan fingerprint density at radius 3 is 2.59 bits per heavy atom. The Morgan fingerprint density at radius 1 is 1.00 bits per heavy atom. The molecule has 7 heteroatoms. The summed E-state index contributed by atoms with van der Waals surface area (Å²) in [5, 5.41) is 12.4. The van der Waals surface area contributed by atoms with Gasteiger partial charge in [0.05, 0.1) is 16.5 Å². The van der Waals surface area contributed by atoms with Crippen LogP contribution in [0.4, 0.5) is 5.69 Å². The van der Waals surface area contributed by atoms with E-state index in [-0.39, 0.29) is 23.0 Å². The number of benzene rings is 2. The predicted molar refractivity (Wildman–Crippen MR) is 128 cm³/mol. The van der Waals surface area contributed by atoms with E-state index < -0.39 is 0 Å². The molecule has 0 bridgehead atoms. The Balaban J connectivity index is 1.45. The number of thioether (sulfide) groups is 1. The lowest BCUT2D eigenvalue weighted by Gasteiger charge is -2.18. The Labute approximate surface area is 191 Å². The highest BCUT2D eigenvalue weighted by molar-refractivity contribution is 8.00. The van der Waals surface area contributed by atoms with Crippen LogP contribution >= 0.6 is 11.8 Å². The van der Waals surface area contributed by atoms with Crippen molar-refractivity contribution < 1.29 is 9.21 Å². The van der Waals surface area contributed by atoms with Crippen molar-refractivity contribution >= 4 is 34.3 Å². The Kier molecular flexibility index (Phi) is 6.85. The van der Waals surface area contributed by atoms with E-state index in [0.29, 0.717) is 17.5 Å². The van der Waals surface area contributed by atoms with E-state index in [1.165, 1.54) is 17.3 Å². The zero-order chi connectivity index (χ0) is 22.5. The van der Waals surface area contributed by atoms with Gasteiger partial charge in [0, 0.05) is 18.0 Å². The van der Waals surface area contributed by atoms with Gasteiger partial charge >= 0.3 is 0 Å². The molecule has 164 valence electrons. The van der Waals surface area contributed by atoms with Crippen molar-refractivity contribution in [3.05, 3.63) is 78.3 Å². The standard InChI is InChI=1S/C25H26N4O2S/c1-16(2)23(24(30)27-21-13-7-12-20-19(21)11-8-14-26-20)32-25-29-28-22(31-25)15-17(3)18-9-5-4-6-10-18/h4-14,16-17,23H,15H2,1-3H3,(H,27,30). The van der Waals surface area contributed by atoms with Gasteiger partial charge in [-0.05, 0) is 41.7 Å². The SMILES string of the molecule is CC(Cc1nnc(SC(C(=O)Nc2cccc3ncccc23)C(C)C)o1)c1ccccc1. The number of carbonyl (C=O) groups is 1. The summed E-state index contributed by atoms with van der Waals surface area (Å²) in [7, 11) is 0. The van der Waals surface area contributed by atoms with Gasteiger partial charge in [0.25, 0.3) is 5.22 Å². The quantitative estimate of drug-likeness (QED) is 0.349. The third-order valence-electron chi connectivity index (χ3n) is 5.29. The number of anilines is 1. The van der Waals surface area contributed by atoms with Gasteiger partial charge < -0.3 is 9.73 Å². The molecule has 0 aliphatic rings. The number of hydrogen-bond acceptors (Lipinski definition) is 6. The first-order chi connectivity index (χ1) is 15.5. The molecule has 2 atom stereocenters. The fraction of sp³-hybridized carbons (Fsp3) is 0.280. The molecule has 0 aliphatic heterocycles. The molecule has 2 unspecified atom stereocenters. The van der Waals surface area contributed by atoms with Gasteiger partial charge in [0.2, 0.25) is 11.8 Å². The maximum atomic E-state index is 13.1. The van der Waals surface area contributed by atoms with Gasteiger partial charge in [0.15, 0.2) is 0 Å². The number of rotatable bonds is 8. The minimum Gasteiger partial charge on any atom is -0.416 e. The summed E-state index contributed by atoms with van der Waals surface area (Å²) in [4.78, 5) is 17.5. The summed E-state index contributed by atoms with van der Waals surface area (Å²) in [5.41, 5.74) is 2.81. The smallest absolute Gasteiger partial charge is 0.277 e. The van der Waals surface area contributed by atoms with Crippen molar-refractivity contribution in [2.24, 2.45) is 5.92 Å². The van der Waals surface area contributed by atoms with Crippen molar-refractivity contribution in [2.75, 3.05) is 5.32 Å².